The number of rotatable bonds is 4. The molecule has 0 saturated carbocycles. The van der Waals surface area contributed by atoms with Gasteiger partial charge < -0.3 is 16.3 Å². The Balaban J connectivity index is 2.82. The van der Waals surface area contributed by atoms with E-state index in [-0.39, 0.29) is 11.9 Å². The van der Waals surface area contributed by atoms with Crippen LogP contribution in [0, 0.1) is 12.3 Å². The second-order valence-electron chi connectivity index (χ2n) is 3.36. The van der Waals surface area contributed by atoms with Crippen LogP contribution in [-0.2, 0) is 0 Å². The zero-order chi connectivity index (χ0) is 12.0. The van der Waals surface area contributed by atoms with Crippen LogP contribution in [-0.4, -0.2) is 17.1 Å². The summed E-state index contributed by atoms with van der Waals surface area (Å²) in [6.45, 7) is 1.95. The molecule has 0 saturated heterocycles. The van der Waals surface area contributed by atoms with E-state index in [2.05, 4.69) is 16.4 Å². The zero-order valence-electron chi connectivity index (χ0n) is 9.14. The number of terminal acetylenes is 1. The molecule has 0 bridgehead atoms. The van der Waals surface area contributed by atoms with Gasteiger partial charge in [-0.3, -0.25) is 0 Å². The smallest absolute Gasteiger partial charge is 0.161 e. The van der Waals surface area contributed by atoms with E-state index in [0.29, 0.717) is 0 Å². The van der Waals surface area contributed by atoms with Crippen molar-refractivity contribution in [1.29, 1.82) is 0 Å². The Morgan fingerprint density at radius 3 is 3.00 bits per heavy atom. The molecule has 1 rings (SSSR count). The number of nitrogens with one attached hydrogen (secondary N) is 1. The highest BCUT2D eigenvalue weighted by Crippen LogP contribution is 2.12. The van der Waals surface area contributed by atoms with Crippen LogP contribution in [0.15, 0.2) is 29.4 Å². The van der Waals surface area contributed by atoms with Crippen LogP contribution in [0.5, 0.6) is 0 Å². The lowest BCUT2D eigenvalue weighted by molar-refractivity contribution is 0.316. The molecule has 4 heteroatoms. The Bertz CT molecular complexity index is 421. The monoisotopic (exact) mass is 217 g/mol. The van der Waals surface area contributed by atoms with Crippen molar-refractivity contribution < 1.29 is 5.21 Å². The van der Waals surface area contributed by atoms with E-state index >= 15 is 0 Å². The number of anilines is 1. The van der Waals surface area contributed by atoms with Crippen molar-refractivity contribution in [2.45, 2.75) is 19.4 Å². The van der Waals surface area contributed by atoms with E-state index in [1.54, 1.807) is 0 Å². The topological polar surface area (TPSA) is 70.6 Å². The van der Waals surface area contributed by atoms with Crippen LogP contribution < -0.4 is 11.1 Å². The van der Waals surface area contributed by atoms with Crippen molar-refractivity contribution in [3.63, 3.8) is 0 Å². The lowest BCUT2D eigenvalue weighted by atomic mass is 10.1. The van der Waals surface area contributed by atoms with Gasteiger partial charge in [-0.1, -0.05) is 24.1 Å². The Morgan fingerprint density at radius 1 is 1.69 bits per heavy atom. The number of oxime groups is 1. The number of benzene rings is 1. The van der Waals surface area contributed by atoms with E-state index in [0.717, 1.165) is 17.7 Å². The maximum Gasteiger partial charge on any atom is 0.161 e. The summed E-state index contributed by atoms with van der Waals surface area (Å²) in [7, 11) is 0. The molecule has 16 heavy (non-hydrogen) atoms. The van der Waals surface area contributed by atoms with Crippen LogP contribution in [0.4, 0.5) is 5.69 Å². The van der Waals surface area contributed by atoms with Gasteiger partial charge in [0.25, 0.3) is 0 Å². The molecule has 0 heterocycles. The molecule has 0 radical (unpaired) electrons. The molecule has 1 aromatic carbocycles. The number of hydrogen-bond donors (Lipinski definition) is 3. The number of nitrogens with two attached hydrogens (primary N) is 1. The van der Waals surface area contributed by atoms with Crippen molar-refractivity contribution in [2.75, 3.05) is 5.32 Å². The molecular weight excluding hydrogens is 202 g/mol. The first kappa shape index (κ1) is 11.9. The molecule has 0 aromatic heterocycles. The lowest BCUT2D eigenvalue weighted by Crippen LogP contribution is -2.35. The third kappa shape index (κ3) is 2.92. The summed E-state index contributed by atoms with van der Waals surface area (Å²) < 4.78 is 0. The predicted molar refractivity (Wildman–Crippen MR) is 65.5 cm³/mol. The number of hydrogen-bond acceptors (Lipinski definition) is 3. The maximum absolute atomic E-state index is 8.61. The molecule has 0 aliphatic heterocycles. The summed E-state index contributed by atoms with van der Waals surface area (Å²) in [6.07, 6.45) is 6.02. The standard InChI is InChI=1S/C12H15N3O/c1-3-9-6-5-7-10(8-9)14-11(4-2)12(13)15-16/h1,5-8,11,14,16H,4H2,2H3,(H2,13,15). The minimum absolute atomic E-state index is 0.161. The van der Waals surface area contributed by atoms with Crippen molar-refractivity contribution in [3.05, 3.63) is 29.8 Å². The first-order valence-corrected chi connectivity index (χ1v) is 5.02. The predicted octanol–water partition coefficient (Wildman–Crippen LogP) is 1.60. The van der Waals surface area contributed by atoms with Crippen molar-refractivity contribution in [3.8, 4) is 12.3 Å². The lowest BCUT2D eigenvalue weighted by Gasteiger charge is -2.16. The van der Waals surface area contributed by atoms with Gasteiger partial charge in [-0.2, -0.15) is 0 Å². The van der Waals surface area contributed by atoms with E-state index in [4.69, 9.17) is 17.4 Å². The SMILES string of the molecule is C#Cc1cccc(NC(CC)C(N)=NO)c1. The molecule has 84 valence electrons. The van der Waals surface area contributed by atoms with Gasteiger partial charge >= 0.3 is 0 Å². The maximum atomic E-state index is 8.61. The summed E-state index contributed by atoms with van der Waals surface area (Å²) in [5.41, 5.74) is 7.19. The van der Waals surface area contributed by atoms with Gasteiger partial charge in [0.1, 0.15) is 0 Å². The normalized spacial score (nSPS) is 12.9. The van der Waals surface area contributed by atoms with E-state index in [1.807, 2.05) is 31.2 Å². The van der Waals surface area contributed by atoms with Gasteiger partial charge in [0, 0.05) is 11.3 Å². The van der Waals surface area contributed by atoms with E-state index in [9.17, 15) is 0 Å². The van der Waals surface area contributed by atoms with Gasteiger partial charge in [0.15, 0.2) is 5.84 Å². The van der Waals surface area contributed by atoms with Crippen LogP contribution >= 0.6 is 0 Å². The fourth-order valence-electron chi connectivity index (χ4n) is 1.35. The van der Waals surface area contributed by atoms with Crippen LogP contribution in [0.3, 0.4) is 0 Å². The largest absolute Gasteiger partial charge is 0.409 e. The Hall–Kier alpha value is -2.15. The second kappa shape index (κ2) is 5.66. The highest BCUT2D eigenvalue weighted by atomic mass is 16.4. The summed E-state index contributed by atoms with van der Waals surface area (Å²) in [4.78, 5) is 0. The zero-order valence-corrected chi connectivity index (χ0v) is 9.14. The third-order valence-electron chi connectivity index (χ3n) is 2.25. The molecule has 1 aromatic rings. The number of nitrogens with zero attached hydrogens (tertiary/aromatic N) is 1. The fourth-order valence-corrected chi connectivity index (χ4v) is 1.35. The van der Waals surface area contributed by atoms with Crippen LogP contribution in [0.2, 0.25) is 0 Å². The molecule has 1 unspecified atom stereocenters. The van der Waals surface area contributed by atoms with Gasteiger partial charge in [-0.15, -0.1) is 6.42 Å². The molecule has 0 amide bonds. The first-order valence-electron chi connectivity index (χ1n) is 5.02. The van der Waals surface area contributed by atoms with Crippen molar-refractivity contribution in [1.82, 2.24) is 0 Å². The van der Waals surface area contributed by atoms with Gasteiger partial charge in [0.2, 0.25) is 0 Å². The quantitative estimate of drug-likeness (QED) is 0.236. The van der Waals surface area contributed by atoms with E-state index in [1.165, 1.54) is 0 Å². The fraction of sp³-hybridized carbons (Fsp3) is 0.250. The van der Waals surface area contributed by atoms with Crippen LogP contribution in [0.1, 0.15) is 18.9 Å². The highest BCUT2D eigenvalue weighted by molar-refractivity contribution is 5.87. The minimum atomic E-state index is -0.196. The summed E-state index contributed by atoms with van der Waals surface area (Å²) in [5, 5.41) is 14.7. The first-order chi connectivity index (χ1) is 7.71. The van der Waals surface area contributed by atoms with Gasteiger partial charge in [-0.05, 0) is 24.6 Å². The Morgan fingerprint density at radius 2 is 2.44 bits per heavy atom. The average Bonchev–Trinajstić information content (AvgIpc) is 2.35. The van der Waals surface area contributed by atoms with Crippen molar-refractivity contribution >= 4 is 11.5 Å². The molecule has 0 aliphatic rings. The summed E-state index contributed by atoms with van der Waals surface area (Å²) >= 11 is 0. The highest BCUT2D eigenvalue weighted by Gasteiger charge is 2.10. The number of amidine groups is 1. The Kier molecular flexibility index (Phi) is 4.22. The average molecular weight is 217 g/mol. The summed E-state index contributed by atoms with van der Waals surface area (Å²) in [5.74, 6) is 2.71. The third-order valence-corrected chi connectivity index (χ3v) is 2.25. The molecule has 4 nitrogen and oxygen atoms in total. The Labute approximate surface area is 95.2 Å². The second-order valence-corrected chi connectivity index (χ2v) is 3.36. The molecule has 0 spiro atoms. The van der Waals surface area contributed by atoms with E-state index < -0.39 is 0 Å². The minimum Gasteiger partial charge on any atom is -0.409 e. The molecular formula is C12H15N3O. The molecule has 1 atom stereocenters. The van der Waals surface area contributed by atoms with Crippen LogP contribution in [0.25, 0.3) is 0 Å². The van der Waals surface area contributed by atoms with Crippen molar-refractivity contribution in [2.24, 2.45) is 10.9 Å². The van der Waals surface area contributed by atoms with Gasteiger partial charge in [-0.25, -0.2) is 0 Å². The molecule has 4 N–H and O–H groups in total. The molecule has 0 aliphatic carbocycles. The van der Waals surface area contributed by atoms with Gasteiger partial charge in [0.05, 0.1) is 6.04 Å². The molecule has 0 fully saturated rings. The summed E-state index contributed by atoms with van der Waals surface area (Å²) in [6, 6.07) is 7.23.